The average Bonchev–Trinajstić information content (AvgIpc) is 2.56. The fourth-order valence-corrected chi connectivity index (χ4v) is 2.67. The number of carbonyl (C=O) groups excluding carboxylic acids is 1. The second-order valence-corrected chi connectivity index (χ2v) is 5.36. The summed E-state index contributed by atoms with van der Waals surface area (Å²) in [7, 11) is 0. The summed E-state index contributed by atoms with van der Waals surface area (Å²) in [6, 6.07) is 9.03. The van der Waals surface area contributed by atoms with Crippen molar-refractivity contribution in [3.05, 3.63) is 70.5 Å². The van der Waals surface area contributed by atoms with Gasteiger partial charge in [-0.05, 0) is 55.2 Å². The molecule has 23 heavy (non-hydrogen) atoms. The lowest BCUT2D eigenvalue weighted by Gasteiger charge is -2.21. The molecule has 2 aromatic carbocycles. The van der Waals surface area contributed by atoms with Gasteiger partial charge in [-0.1, -0.05) is 18.2 Å². The second kappa shape index (κ2) is 6.12. The number of hydroxylamine groups is 1. The maximum absolute atomic E-state index is 13.6. The van der Waals surface area contributed by atoms with Crippen LogP contribution in [0.15, 0.2) is 42.5 Å². The monoisotopic (exact) mass is 313 g/mol. The van der Waals surface area contributed by atoms with Crippen LogP contribution in [0.2, 0.25) is 0 Å². The Morgan fingerprint density at radius 1 is 1.26 bits per heavy atom. The van der Waals surface area contributed by atoms with Crippen LogP contribution in [-0.4, -0.2) is 11.1 Å². The topological polar surface area (TPSA) is 58.6 Å². The van der Waals surface area contributed by atoms with Crippen LogP contribution in [0.4, 0.5) is 4.39 Å². The number of rotatable bonds is 3. The molecule has 0 heterocycles. The standard InChI is InChI=1S/C18H16FNO3/c1-11-12-6-4-8-16(13(12)9-10-17(11)21)20-23-18(22)14-5-2-3-7-15(14)19/h2-3,5,7-10,20-21H,4,6H2,1H3. The van der Waals surface area contributed by atoms with Crippen LogP contribution < -0.4 is 5.48 Å². The van der Waals surface area contributed by atoms with Crippen molar-refractivity contribution >= 4 is 11.7 Å². The maximum Gasteiger partial charge on any atom is 0.365 e. The Hall–Kier alpha value is -2.82. The molecular formula is C18H16FNO3. The van der Waals surface area contributed by atoms with Gasteiger partial charge in [-0.3, -0.25) is 0 Å². The Morgan fingerprint density at radius 2 is 2.04 bits per heavy atom. The van der Waals surface area contributed by atoms with Crippen molar-refractivity contribution < 1.29 is 19.1 Å². The largest absolute Gasteiger partial charge is 0.508 e. The van der Waals surface area contributed by atoms with Crippen LogP contribution in [-0.2, 0) is 11.3 Å². The van der Waals surface area contributed by atoms with E-state index in [1.54, 1.807) is 18.2 Å². The zero-order chi connectivity index (χ0) is 16.4. The third-order valence-electron chi connectivity index (χ3n) is 3.95. The Kier molecular flexibility index (Phi) is 4.02. The number of carbonyl (C=O) groups is 1. The van der Waals surface area contributed by atoms with Gasteiger partial charge in [-0.15, -0.1) is 0 Å². The molecule has 1 aliphatic carbocycles. The van der Waals surface area contributed by atoms with Crippen molar-refractivity contribution in [2.75, 3.05) is 0 Å². The van der Waals surface area contributed by atoms with Crippen LogP contribution >= 0.6 is 0 Å². The number of hydrogen-bond donors (Lipinski definition) is 2. The van der Waals surface area contributed by atoms with Gasteiger partial charge in [0.1, 0.15) is 11.6 Å². The van der Waals surface area contributed by atoms with Crippen LogP contribution in [0.5, 0.6) is 5.75 Å². The number of fused-ring (bicyclic) bond motifs is 1. The normalized spacial score (nSPS) is 13.0. The average molecular weight is 313 g/mol. The predicted octanol–water partition coefficient (Wildman–Crippen LogP) is 3.49. The number of benzene rings is 2. The summed E-state index contributed by atoms with van der Waals surface area (Å²) in [6.45, 7) is 1.85. The van der Waals surface area contributed by atoms with Gasteiger partial charge in [-0.2, -0.15) is 0 Å². The Labute approximate surface area is 133 Å². The second-order valence-electron chi connectivity index (χ2n) is 5.36. The molecule has 0 radical (unpaired) electrons. The van der Waals surface area contributed by atoms with Crippen molar-refractivity contribution in [1.29, 1.82) is 0 Å². The first-order valence-corrected chi connectivity index (χ1v) is 7.31. The molecule has 4 nitrogen and oxygen atoms in total. The van der Waals surface area contributed by atoms with Gasteiger partial charge in [0.25, 0.3) is 0 Å². The lowest BCUT2D eigenvalue weighted by atomic mass is 9.91. The van der Waals surface area contributed by atoms with Crippen molar-refractivity contribution in [2.24, 2.45) is 0 Å². The van der Waals surface area contributed by atoms with Crippen LogP contribution in [0.1, 0.15) is 33.5 Å². The number of aromatic hydroxyl groups is 1. The zero-order valence-electron chi connectivity index (χ0n) is 12.6. The van der Waals surface area contributed by atoms with E-state index < -0.39 is 11.8 Å². The Morgan fingerprint density at radius 3 is 2.83 bits per heavy atom. The van der Waals surface area contributed by atoms with E-state index in [1.807, 2.05) is 13.0 Å². The first kappa shape index (κ1) is 15.1. The van der Waals surface area contributed by atoms with Gasteiger partial charge in [-0.25, -0.2) is 14.7 Å². The summed E-state index contributed by atoms with van der Waals surface area (Å²) >= 11 is 0. The van der Waals surface area contributed by atoms with Gasteiger partial charge in [0.05, 0.1) is 11.3 Å². The molecule has 0 fully saturated rings. The highest BCUT2D eigenvalue weighted by atomic mass is 19.1. The van der Waals surface area contributed by atoms with E-state index in [-0.39, 0.29) is 11.3 Å². The number of phenolic OH excluding ortho intramolecular Hbond substituents is 1. The number of nitrogens with one attached hydrogen (secondary N) is 1. The van der Waals surface area contributed by atoms with E-state index in [4.69, 9.17) is 4.84 Å². The number of phenols is 1. The fraction of sp³-hybridized carbons (Fsp3) is 0.167. The molecule has 0 aliphatic heterocycles. The third kappa shape index (κ3) is 2.90. The smallest absolute Gasteiger partial charge is 0.365 e. The highest BCUT2D eigenvalue weighted by Gasteiger charge is 2.19. The molecular weight excluding hydrogens is 297 g/mol. The number of halogens is 1. The lowest BCUT2D eigenvalue weighted by molar-refractivity contribution is 0.0362. The lowest BCUT2D eigenvalue weighted by Crippen LogP contribution is -2.21. The first-order chi connectivity index (χ1) is 11.1. The molecule has 0 amide bonds. The SMILES string of the molecule is Cc1c(O)ccc2c1CCC=C2NOC(=O)c1ccccc1F. The minimum atomic E-state index is -0.786. The fourth-order valence-electron chi connectivity index (χ4n) is 2.67. The molecule has 0 saturated heterocycles. The van der Waals surface area contributed by atoms with Gasteiger partial charge in [0.15, 0.2) is 0 Å². The number of hydrogen-bond acceptors (Lipinski definition) is 4. The van der Waals surface area contributed by atoms with E-state index in [9.17, 15) is 14.3 Å². The number of allylic oxidation sites excluding steroid dienone is 1. The van der Waals surface area contributed by atoms with Crippen LogP contribution in [0, 0.1) is 12.7 Å². The first-order valence-electron chi connectivity index (χ1n) is 7.31. The quantitative estimate of drug-likeness (QED) is 0.852. The van der Waals surface area contributed by atoms with Crippen LogP contribution in [0.3, 0.4) is 0 Å². The molecule has 2 N–H and O–H groups in total. The predicted molar refractivity (Wildman–Crippen MR) is 84.1 cm³/mol. The molecule has 1 aliphatic rings. The van der Waals surface area contributed by atoms with Crippen LogP contribution in [0.25, 0.3) is 5.70 Å². The molecule has 0 bridgehead atoms. The van der Waals surface area contributed by atoms with Gasteiger partial charge in [0, 0.05) is 5.56 Å². The molecule has 0 saturated carbocycles. The van der Waals surface area contributed by atoms with Crippen molar-refractivity contribution in [3.8, 4) is 5.75 Å². The molecule has 0 atom stereocenters. The van der Waals surface area contributed by atoms with E-state index >= 15 is 0 Å². The van der Waals surface area contributed by atoms with Gasteiger partial charge >= 0.3 is 5.97 Å². The Bertz CT molecular complexity index is 799. The van der Waals surface area contributed by atoms with E-state index in [1.165, 1.54) is 18.2 Å². The molecule has 0 unspecified atom stereocenters. The molecule has 118 valence electrons. The summed E-state index contributed by atoms with van der Waals surface area (Å²) in [6.07, 6.45) is 3.48. The molecule has 2 aromatic rings. The molecule has 0 aromatic heterocycles. The maximum atomic E-state index is 13.6. The summed E-state index contributed by atoms with van der Waals surface area (Å²) in [4.78, 5) is 17.0. The summed E-state index contributed by atoms with van der Waals surface area (Å²) in [5.74, 6) is -1.17. The van der Waals surface area contributed by atoms with Crippen molar-refractivity contribution in [2.45, 2.75) is 19.8 Å². The van der Waals surface area contributed by atoms with E-state index in [2.05, 4.69) is 5.48 Å². The van der Waals surface area contributed by atoms with Gasteiger partial charge in [0.2, 0.25) is 0 Å². The minimum Gasteiger partial charge on any atom is -0.508 e. The van der Waals surface area contributed by atoms with E-state index in [0.717, 1.165) is 29.5 Å². The zero-order valence-corrected chi connectivity index (χ0v) is 12.6. The van der Waals surface area contributed by atoms with Gasteiger partial charge < -0.3 is 9.94 Å². The summed E-state index contributed by atoms with van der Waals surface area (Å²) in [5.41, 5.74) is 5.82. The Balaban J connectivity index is 1.78. The minimum absolute atomic E-state index is 0.126. The van der Waals surface area contributed by atoms with E-state index in [0.29, 0.717) is 5.70 Å². The third-order valence-corrected chi connectivity index (χ3v) is 3.95. The highest BCUT2D eigenvalue weighted by molar-refractivity contribution is 5.90. The van der Waals surface area contributed by atoms with Crippen molar-refractivity contribution in [3.63, 3.8) is 0 Å². The summed E-state index contributed by atoms with van der Waals surface area (Å²) < 4.78 is 13.6. The molecule has 3 rings (SSSR count). The highest BCUT2D eigenvalue weighted by Crippen LogP contribution is 2.31. The molecule has 5 heteroatoms. The molecule has 0 spiro atoms. The van der Waals surface area contributed by atoms with Crippen molar-refractivity contribution in [1.82, 2.24) is 5.48 Å². The summed E-state index contributed by atoms with van der Waals surface area (Å²) in [5, 5.41) is 9.79.